The molecule has 0 amide bonds. The van der Waals surface area contributed by atoms with Gasteiger partial charge in [0.25, 0.3) is 0 Å². The molecule has 0 aliphatic rings. The summed E-state index contributed by atoms with van der Waals surface area (Å²) in [5.41, 5.74) is 2.74. The zero-order valence-electron chi connectivity index (χ0n) is 13.6. The second-order valence-corrected chi connectivity index (χ2v) is 5.87. The van der Waals surface area contributed by atoms with Crippen molar-refractivity contribution in [1.29, 1.82) is 0 Å². The number of aryl methyl sites for hydroxylation is 1. The van der Waals surface area contributed by atoms with Crippen LogP contribution in [-0.2, 0) is 11.4 Å². The molecular formula is C17H19ClFNO3S. The van der Waals surface area contributed by atoms with E-state index < -0.39 is 0 Å². The fraction of sp³-hybridized carbons (Fsp3) is 0.235. The highest BCUT2D eigenvalue weighted by Crippen LogP contribution is 2.29. The standard InChI is InChI=1S/C15H15ClFNO2.C2H4OS/c1-10-8-12(17)6-7-14(10)20-9-11-4-3-5-13(16)15(11)18(2)19;1-4-2-3/h3-8,19H,9H2,1-2H3;2H,1H3. The van der Waals surface area contributed by atoms with Gasteiger partial charge in [-0.3, -0.25) is 15.1 Å². The minimum Gasteiger partial charge on any atom is -0.489 e. The van der Waals surface area contributed by atoms with Gasteiger partial charge in [-0.25, -0.2) is 4.39 Å². The van der Waals surface area contributed by atoms with Crippen LogP contribution in [-0.4, -0.2) is 24.1 Å². The molecule has 4 nitrogen and oxygen atoms in total. The van der Waals surface area contributed by atoms with Crippen molar-refractivity contribution in [1.82, 2.24) is 0 Å². The first-order valence-corrected chi connectivity index (χ1v) is 8.62. The molecule has 1 N–H and O–H groups in total. The fourth-order valence-electron chi connectivity index (χ4n) is 1.97. The SMILES string of the molecule is CSC=O.Cc1cc(F)ccc1OCc1cccc(Cl)c1N(C)O. The van der Waals surface area contributed by atoms with Crippen LogP contribution in [0.5, 0.6) is 5.75 Å². The lowest BCUT2D eigenvalue weighted by Gasteiger charge is -2.18. The molecule has 0 saturated carbocycles. The molecule has 2 aromatic rings. The first-order chi connectivity index (χ1) is 11.4. The molecule has 24 heavy (non-hydrogen) atoms. The predicted molar refractivity (Wildman–Crippen MR) is 97.4 cm³/mol. The summed E-state index contributed by atoms with van der Waals surface area (Å²) >= 11 is 7.23. The summed E-state index contributed by atoms with van der Waals surface area (Å²) in [4.78, 5) is 9.14. The van der Waals surface area contributed by atoms with Gasteiger partial charge >= 0.3 is 0 Å². The Kier molecular flexibility index (Phi) is 8.60. The monoisotopic (exact) mass is 371 g/mol. The van der Waals surface area contributed by atoms with Gasteiger partial charge in [0.2, 0.25) is 0 Å². The van der Waals surface area contributed by atoms with Crippen molar-refractivity contribution in [3.05, 3.63) is 58.4 Å². The molecule has 0 spiro atoms. The Balaban J connectivity index is 0.000000648. The van der Waals surface area contributed by atoms with E-state index in [1.54, 1.807) is 31.4 Å². The number of hydrogen-bond acceptors (Lipinski definition) is 5. The molecule has 0 radical (unpaired) electrons. The second-order valence-electron chi connectivity index (χ2n) is 4.80. The van der Waals surface area contributed by atoms with Crippen LogP contribution in [0.25, 0.3) is 0 Å². The highest BCUT2D eigenvalue weighted by Gasteiger charge is 2.11. The fourth-order valence-corrected chi connectivity index (χ4v) is 2.29. The predicted octanol–water partition coefficient (Wildman–Crippen LogP) is 4.73. The maximum atomic E-state index is 13.0. The molecule has 0 fully saturated rings. The molecule has 130 valence electrons. The van der Waals surface area contributed by atoms with Crippen LogP contribution in [0.2, 0.25) is 5.02 Å². The molecular weight excluding hydrogens is 353 g/mol. The van der Waals surface area contributed by atoms with E-state index in [1.165, 1.54) is 30.9 Å². The summed E-state index contributed by atoms with van der Waals surface area (Å²) in [7, 11) is 1.49. The average Bonchev–Trinajstić information content (AvgIpc) is 2.54. The summed E-state index contributed by atoms with van der Waals surface area (Å²) in [6.45, 7) is 2.00. The number of nitrogens with zero attached hydrogens (tertiary/aromatic N) is 1. The molecule has 0 aliphatic carbocycles. The Morgan fingerprint density at radius 3 is 2.58 bits per heavy atom. The van der Waals surface area contributed by atoms with Gasteiger partial charge in [-0.2, -0.15) is 0 Å². The molecule has 0 aromatic heterocycles. The largest absolute Gasteiger partial charge is 0.489 e. The van der Waals surface area contributed by atoms with E-state index in [2.05, 4.69) is 0 Å². The third-order valence-corrected chi connectivity index (χ3v) is 3.51. The second kappa shape index (κ2) is 10.2. The normalized spacial score (nSPS) is 9.75. The number of rotatable bonds is 5. The summed E-state index contributed by atoms with van der Waals surface area (Å²) in [5.74, 6) is 0.298. The van der Waals surface area contributed by atoms with Crippen LogP contribution < -0.4 is 9.80 Å². The molecule has 0 heterocycles. The number of carbonyl (C=O) groups excluding carboxylic acids is 1. The first kappa shape index (κ1) is 20.3. The van der Waals surface area contributed by atoms with E-state index in [-0.39, 0.29) is 12.4 Å². The quantitative estimate of drug-likeness (QED) is 0.608. The van der Waals surface area contributed by atoms with Gasteiger partial charge in [-0.05, 0) is 43.0 Å². The molecule has 0 aliphatic heterocycles. The molecule has 2 aromatic carbocycles. The first-order valence-electron chi connectivity index (χ1n) is 6.96. The Hall–Kier alpha value is -1.76. The van der Waals surface area contributed by atoms with Crippen LogP contribution >= 0.6 is 23.4 Å². The lowest BCUT2D eigenvalue weighted by molar-refractivity contribution is 0.270. The molecule has 0 bridgehead atoms. The van der Waals surface area contributed by atoms with E-state index in [0.29, 0.717) is 22.0 Å². The molecule has 0 atom stereocenters. The highest BCUT2D eigenvalue weighted by molar-refractivity contribution is 8.11. The van der Waals surface area contributed by atoms with Gasteiger partial charge in [-0.1, -0.05) is 35.5 Å². The lowest BCUT2D eigenvalue weighted by Crippen LogP contribution is -2.14. The van der Waals surface area contributed by atoms with Crippen molar-refractivity contribution < 1.29 is 19.1 Å². The van der Waals surface area contributed by atoms with E-state index in [4.69, 9.17) is 21.1 Å². The number of benzene rings is 2. The summed E-state index contributed by atoms with van der Waals surface area (Å²) in [6.07, 6.45) is 1.73. The number of para-hydroxylation sites is 1. The maximum absolute atomic E-state index is 13.0. The molecule has 7 heteroatoms. The van der Waals surface area contributed by atoms with Crippen LogP contribution in [0, 0.1) is 12.7 Å². The van der Waals surface area contributed by atoms with E-state index >= 15 is 0 Å². The van der Waals surface area contributed by atoms with Crippen molar-refractivity contribution in [3.8, 4) is 5.75 Å². The van der Waals surface area contributed by atoms with E-state index in [9.17, 15) is 9.60 Å². The smallest absolute Gasteiger partial charge is 0.175 e. The minimum atomic E-state index is -0.298. The van der Waals surface area contributed by atoms with E-state index in [1.807, 2.05) is 6.07 Å². The van der Waals surface area contributed by atoms with Gasteiger partial charge in [0.1, 0.15) is 18.2 Å². The third-order valence-electron chi connectivity index (χ3n) is 3.01. The van der Waals surface area contributed by atoms with Gasteiger partial charge in [0, 0.05) is 12.6 Å². The molecule has 0 unspecified atom stereocenters. The summed E-state index contributed by atoms with van der Waals surface area (Å²) < 4.78 is 18.7. The molecule has 2 rings (SSSR count). The number of anilines is 1. The van der Waals surface area contributed by atoms with Crippen molar-refractivity contribution in [2.24, 2.45) is 0 Å². The van der Waals surface area contributed by atoms with Crippen LogP contribution in [0.4, 0.5) is 10.1 Å². The molecule has 0 saturated heterocycles. The van der Waals surface area contributed by atoms with Crippen LogP contribution in [0.15, 0.2) is 36.4 Å². The van der Waals surface area contributed by atoms with Crippen molar-refractivity contribution in [2.75, 3.05) is 18.4 Å². The Labute approximate surface area is 150 Å². The third kappa shape index (κ3) is 6.03. The Morgan fingerprint density at radius 1 is 1.38 bits per heavy atom. The number of ether oxygens (including phenoxy) is 1. The average molecular weight is 372 g/mol. The minimum absolute atomic E-state index is 0.229. The van der Waals surface area contributed by atoms with Crippen LogP contribution in [0.1, 0.15) is 11.1 Å². The number of hydroxylamine groups is 1. The maximum Gasteiger partial charge on any atom is 0.175 e. The zero-order chi connectivity index (χ0) is 18.1. The van der Waals surface area contributed by atoms with Gasteiger partial charge in [0.05, 0.1) is 10.7 Å². The summed E-state index contributed by atoms with van der Waals surface area (Å²) in [5, 5.41) is 11.0. The zero-order valence-corrected chi connectivity index (χ0v) is 15.2. The number of hydrogen-bond donors (Lipinski definition) is 1. The highest BCUT2D eigenvalue weighted by atomic mass is 35.5. The van der Waals surface area contributed by atoms with E-state index in [0.717, 1.165) is 16.2 Å². The van der Waals surface area contributed by atoms with Crippen molar-refractivity contribution >= 4 is 34.7 Å². The van der Waals surface area contributed by atoms with Gasteiger partial charge in [0.15, 0.2) is 5.62 Å². The van der Waals surface area contributed by atoms with Crippen molar-refractivity contribution in [3.63, 3.8) is 0 Å². The number of halogens is 2. The van der Waals surface area contributed by atoms with Crippen LogP contribution in [0.3, 0.4) is 0 Å². The summed E-state index contributed by atoms with van der Waals surface area (Å²) in [6, 6.07) is 9.62. The van der Waals surface area contributed by atoms with Crippen molar-refractivity contribution in [2.45, 2.75) is 13.5 Å². The lowest BCUT2D eigenvalue weighted by atomic mass is 10.2. The Morgan fingerprint density at radius 2 is 2.04 bits per heavy atom. The number of carbonyl (C=O) groups is 1. The van der Waals surface area contributed by atoms with Gasteiger partial charge < -0.3 is 4.74 Å². The number of thioether (sulfide) groups is 1. The Bertz CT molecular complexity index is 683. The van der Waals surface area contributed by atoms with Gasteiger partial charge in [-0.15, -0.1) is 0 Å². The topological polar surface area (TPSA) is 49.8 Å².